The molecular formula is C8H10N6. The van der Waals surface area contributed by atoms with Crippen LogP contribution < -0.4 is 5.73 Å². The van der Waals surface area contributed by atoms with Crippen LogP contribution in [-0.2, 0) is 0 Å². The molecule has 0 bridgehead atoms. The normalized spacial score (nSPS) is 10.4. The highest BCUT2D eigenvalue weighted by molar-refractivity contribution is 5.19. The third-order valence-electron chi connectivity index (χ3n) is 1.68. The standard InChI is InChI=1S/C8H10N6/c1-5-3-6(2)12-8(11-5)14-4-10-7(9)13-14/h3-4H,1-2H3,(H2,9,13). The van der Waals surface area contributed by atoms with E-state index in [0.717, 1.165) is 11.4 Å². The van der Waals surface area contributed by atoms with Gasteiger partial charge in [0, 0.05) is 11.4 Å². The van der Waals surface area contributed by atoms with Crippen LogP contribution in [0.4, 0.5) is 5.95 Å². The summed E-state index contributed by atoms with van der Waals surface area (Å²) in [5.74, 6) is 0.708. The summed E-state index contributed by atoms with van der Waals surface area (Å²) >= 11 is 0. The predicted octanol–water partition coefficient (Wildman–Crippen LogP) is 0.256. The zero-order valence-electron chi connectivity index (χ0n) is 7.97. The van der Waals surface area contributed by atoms with Crippen LogP contribution in [0.1, 0.15) is 11.4 Å². The summed E-state index contributed by atoms with van der Waals surface area (Å²) in [6.07, 6.45) is 1.49. The lowest BCUT2D eigenvalue weighted by molar-refractivity contribution is 0.795. The second-order valence-electron chi connectivity index (χ2n) is 3.00. The first-order valence-electron chi connectivity index (χ1n) is 4.15. The number of aromatic nitrogens is 5. The van der Waals surface area contributed by atoms with Crippen molar-refractivity contribution >= 4 is 5.95 Å². The molecule has 72 valence electrons. The average molecular weight is 190 g/mol. The molecule has 0 aliphatic heterocycles. The van der Waals surface area contributed by atoms with Crippen molar-refractivity contribution in [1.82, 2.24) is 24.7 Å². The maximum absolute atomic E-state index is 5.39. The Balaban J connectivity index is 2.51. The minimum absolute atomic E-state index is 0.216. The highest BCUT2D eigenvalue weighted by Gasteiger charge is 2.03. The van der Waals surface area contributed by atoms with Crippen LogP contribution in [0.3, 0.4) is 0 Å². The van der Waals surface area contributed by atoms with Gasteiger partial charge in [0.2, 0.25) is 5.95 Å². The second kappa shape index (κ2) is 3.06. The van der Waals surface area contributed by atoms with Crippen LogP contribution in [0.2, 0.25) is 0 Å². The quantitative estimate of drug-likeness (QED) is 0.697. The Morgan fingerprint density at radius 1 is 1.21 bits per heavy atom. The fourth-order valence-electron chi connectivity index (χ4n) is 1.18. The van der Waals surface area contributed by atoms with E-state index in [0.29, 0.717) is 5.95 Å². The van der Waals surface area contributed by atoms with Crippen molar-refractivity contribution in [1.29, 1.82) is 0 Å². The number of hydrogen-bond donors (Lipinski definition) is 1. The van der Waals surface area contributed by atoms with E-state index in [1.165, 1.54) is 11.0 Å². The lowest BCUT2D eigenvalue weighted by Crippen LogP contribution is -2.04. The summed E-state index contributed by atoms with van der Waals surface area (Å²) in [5.41, 5.74) is 7.17. The van der Waals surface area contributed by atoms with Gasteiger partial charge in [-0.05, 0) is 19.9 Å². The Morgan fingerprint density at radius 3 is 2.36 bits per heavy atom. The second-order valence-corrected chi connectivity index (χ2v) is 3.00. The van der Waals surface area contributed by atoms with Gasteiger partial charge >= 0.3 is 0 Å². The Labute approximate surface area is 80.8 Å². The predicted molar refractivity (Wildman–Crippen MR) is 50.8 cm³/mol. The molecule has 0 fully saturated rings. The number of aryl methyl sites for hydroxylation is 2. The van der Waals surface area contributed by atoms with E-state index in [2.05, 4.69) is 20.1 Å². The molecule has 2 heterocycles. The molecule has 0 spiro atoms. The number of rotatable bonds is 1. The molecule has 6 nitrogen and oxygen atoms in total. The monoisotopic (exact) mass is 190 g/mol. The van der Waals surface area contributed by atoms with Crippen molar-refractivity contribution < 1.29 is 0 Å². The van der Waals surface area contributed by atoms with Crippen molar-refractivity contribution in [3.8, 4) is 5.95 Å². The van der Waals surface area contributed by atoms with Gasteiger partial charge in [-0.1, -0.05) is 0 Å². The molecule has 0 aliphatic carbocycles. The smallest absolute Gasteiger partial charge is 0.252 e. The van der Waals surface area contributed by atoms with Gasteiger partial charge < -0.3 is 5.73 Å². The van der Waals surface area contributed by atoms with Crippen molar-refractivity contribution in [3.05, 3.63) is 23.8 Å². The Morgan fingerprint density at radius 2 is 1.86 bits per heavy atom. The van der Waals surface area contributed by atoms with Crippen LogP contribution in [0.25, 0.3) is 5.95 Å². The molecule has 0 aliphatic rings. The van der Waals surface area contributed by atoms with E-state index in [-0.39, 0.29) is 5.95 Å². The third-order valence-corrected chi connectivity index (χ3v) is 1.68. The van der Waals surface area contributed by atoms with E-state index in [9.17, 15) is 0 Å². The molecule has 0 atom stereocenters. The first-order chi connectivity index (χ1) is 6.65. The summed E-state index contributed by atoms with van der Waals surface area (Å²) < 4.78 is 1.45. The maximum atomic E-state index is 5.39. The van der Waals surface area contributed by atoms with Gasteiger partial charge in [0.25, 0.3) is 5.95 Å². The molecule has 0 radical (unpaired) electrons. The molecule has 2 aromatic rings. The lowest BCUT2D eigenvalue weighted by Gasteiger charge is -2.00. The minimum atomic E-state index is 0.216. The SMILES string of the molecule is Cc1cc(C)nc(-n2cnc(N)n2)n1. The highest BCUT2D eigenvalue weighted by Crippen LogP contribution is 2.03. The topological polar surface area (TPSA) is 82.5 Å². The van der Waals surface area contributed by atoms with Gasteiger partial charge in [-0.25, -0.2) is 15.0 Å². The lowest BCUT2D eigenvalue weighted by atomic mass is 10.4. The summed E-state index contributed by atoms with van der Waals surface area (Å²) in [6.45, 7) is 3.80. The molecule has 0 aromatic carbocycles. The van der Waals surface area contributed by atoms with Crippen molar-refractivity contribution in [2.75, 3.05) is 5.73 Å². The van der Waals surface area contributed by atoms with E-state index in [1.807, 2.05) is 19.9 Å². The van der Waals surface area contributed by atoms with Gasteiger partial charge in [-0.3, -0.25) is 0 Å². The largest absolute Gasteiger partial charge is 0.366 e. The average Bonchev–Trinajstić information content (AvgIpc) is 2.50. The molecular weight excluding hydrogens is 180 g/mol. The first kappa shape index (κ1) is 8.61. The Kier molecular flexibility index (Phi) is 1.88. The van der Waals surface area contributed by atoms with Crippen molar-refractivity contribution in [2.45, 2.75) is 13.8 Å². The molecule has 0 unspecified atom stereocenters. The van der Waals surface area contributed by atoms with Crippen LogP contribution in [0.15, 0.2) is 12.4 Å². The zero-order chi connectivity index (χ0) is 10.1. The molecule has 6 heteroatoms. The molecule has 0 saturated heterocycles. The molecule has 2 aromatic heterocycles. The fourth-order valence-corrected chi connectivity index (χ4v) is 1.18. The Bertz CT molecular complexity index is 440. The minimum Gasteiger partial charge on any atom is -0.366 e. The molecule has 14 heavy (non-hydrogen) atoms. The number of nitrogen functional groups attached to an aromatic ring is 1. The maximum Gasteiger partial charge on any atom is 0.252 e. The fraction of sp³-hybridized carbons (Fsp3) is 0.250. The van der Waals surface area contributed by atoms with Gasteiger partial charge in [0.15, 0.2) is 0 Å². The van der Waals surface area contributed by atoms with E-state index in [1.54, 1.807) is 0 Å². The highest BCUT2D eigenvalue weighted by atomic mass is 15.4. The molecule has 2 rings (SSSR count). The zero-order valence-corrected chi connectivity index (χ0v) is 7.97. The number of anilines is 1. The molecule has 0 saturated carbocycles. The van der Waals surface area contributed by atoms with Gasteiger partial charge in [-0.15, -0.1) is 5.10 Å². The van der Waals surface area contributed by atoms with E-state index < -0.39 is 0 Å². The van der Waals surface area contributed by atoms with E-state index in [4.69, 9.17) is 5.73 Å². The van der Waals surface area contributed by atoms with Crippen LogP contribution in [0.5, 0.6) is 0 Å². The summed E-state index contributed by atoms with van der Waals surface area (Å²) in [4.78, 5) is 12.2. The number of hydrogen-bond acceptors (Lipinski definition) is 5. The number of nitrogens with zero attached hydrogens (tertiary/aromatic N) is 5. The van der Waals surface area contributed by atoms with Gasteiger partial charge in [0.1, 0.15) is 6.33 Å². The van der Waals surface area contributed by atoms with Gasteiger partial charge in [-0.2, -0.15) is 4.68 Å². The van der Waals surface area contributed by atoms with Crippen LogP contribution >= 0.6 is 0 Å². The van der Waals surface area contributed by atoms with E-state index >= 15 is 0 Å². The molecule has 2 N–H and O–H groups in total. The Hall–Kier alpha value is -1.98. The number of nitrogens with two attached hydrogens (primary N) is 1. The first-order valence-corrected chi connectivity index (χ1v) is 4.15. The van der Waals surface area contributed by atoms with Crippen molar-refractivity contribution in [3.63, 3.8) is 0 Å². The van der Waals surface area contributed by atoms with Crippen molar-refractivity contribution in [2.24, 2.45) is 0 Å². The summed E-state index contributed by atoms with van der Waals surface area (Å²) in [7, 11) is 0. The van der Waals surface area contributed by atoms with Gasteiger partial charge in [0.05, 0.1) is 0 Å². The van der Waals surface area contributed by atoms with Crippen LogP contribution in [-0.4, -0.2) is 24.7 Å². The third kappa shape index (κ3) is 1.54. The van der Waals surface area contributed by atoms with Crippen LogP contribution in [0, 0.1) is 13.8 Å². The molecule has 0 amide bonds. The summed E-state index contributed by atoms with van der Waals surface area (Å²) in [5, 5.41) is 3.92. The summed E-state index contributed by atoms with van der Waals surface area (Å²) in [6, 6.07) is 1.89.